The van der Waals surface area contributed by atoms with Gasteiger partial charge in [-0.05, 0) is 24.3 Å². The second-order valence-corrected chi connectivity index (χ2v) is 5.01. The number of nitrogens with zero attached hydrogens (tertiary/aromatic N) is 1. The molecule has 1 unspecified atom stereocenters. The van der Waals surface area contributed by atoms with Crippen LogP contribution in [0.1, 0.15) is 10.4 Å². The van der Waals surface area contributed by atoms with Crippen LogP contribution in [-0.2, 0) is 4.79 Å². The molecule has 1 atom stereocenters. The number of aliphatic imine (C=N–C) groups is 1. The van der Waals surface area contributed by atoms with E-state index in [0.29, 0.717) is 22.7 Å². The third kappa shape index (κ3) is 2.89. The first kappa shape index (κ1) is 14.7. The number of benzene rings is 1. The Morgan fingerprint density at radius 1 is 1.26 bits per heavy atom. The monoisotopic (exact) mass is 310 g/mol. The minimum Gasteiger partial charge on any atom is -0.355 e. The van der Waals surface area contributed by atoms with Crippen LogP contribution in [0.2, 0.25) is 0 Å². The fourth-order valence-corrected chi connectivity index (χ4v) is 2.36. The van der Waals surface area contributed by atoms with Gasteiger partial charge in [-0.15, -0.1) is 0 Å². The number of anilines is 1. The maximum Gasteiger partial charge on any atom is 0.346 e. The molecule has 0 bridgehead atoms. The predicted molar refractivity (Wildman–Crippen MR) is 85.1 cm³/mol. The number of carbonyl (C=O) groups excluding carboxylic acids is 3. The van der Waals surface area contributed by atoms with E-state index in [4.69, 9.17) is 0 Å². The lowest BCUT2D eigenvalue weighted by Gasteiger charge is -2.15. The molecule has 7 heteroatoms. The molecule has 1 aromatic rings. The Balaban J connectivity index is 1.79. The van der Waals surface area contributed by atoms with Crippen molar-refractivity contribution in [2.45, 2.75) is 0 Å². The predicted octanol–water partition coefficient (Wildman–Crippen LogP) is 1.22. The fraction of sp³-hybridized carbons (Fsp3) is 0.125. The number of para-hydroxylation sites is 1. The molecule has 1 aliphatic carbocycles. The van der Waals surface area contributed by atoms with Crippen LogP contribution < -0.4 is 16.0 Å². The summed E-state index contributed by atoms with van der Waals surface area (Å²) < 4.78 is 0. The largest absolute Gasteiger partial charge is 0.355 e. The highest BCUT2D eigenvalue weighted by Gasteiger charge is 2.25. The van der Waals surface area contributed by atoms with Crippen LogP contribution in [0.5, 0.6) is 0 Å². The minimum absolute atomic E-state index is 0.282. The lowest BCUT2D eigenvalue weighted by molar-refractivity contribution is -0.117. The summed E-state index contributed by atoms with van der Waals surface area (Å²) in [7, 11) is 1.53. The van der Waals surface area contributed by atoms with Crippen LogP contribution in [-0.4, -0.2) is 30.6 Å². The first-order valence-electron chi connectivity index (χ1n) is 7.00. The maximum absolute atomic E-state index is 12.4. The summed E-state index contributed by atoms with van der Waals surface area (Å²) in [5.41, 5.74) is 1.85. The number of rotatable bonds is 3. The summed E-state index contributed by atoms with van der Waals surface area (Å²) in [6, 6.07) is 6.30. The molecular weight excluding hydrogens is 296 g/mol. The molecule has 4 amide bonds. The maximum atomic E-state index is 12.4. The standard InChI is InChI=1S/C16H14N4O3/c1-17-15(22)10-4-2-3-5-11(10)18-14(21)9-6-7-12-13(8-9)20-16(23)19-12/h2-9H,1H3,(H,17,22)(H,18,21)(H,20,23). The van der Waals surface area contributed by atoms with Gasteiger partial charge >= 0.3 is 6.03 Å². The molecule has 0 radical (unpaired) electrons. The topological polar surface area (TPSA) is 99.7 Å². The summed E-state index contributed by atoms with van der Waals surface area (Å²) in [6.45, 7) is 0. The van der Waals surface area contributed by atoms with Gasteiger partial charge in [0.1, 0.15) is 0 Å². The number of fused-ring (bicyclic) bond motifs is 1. The Morgan fingerprint density at radius 3 is 2.83 bits per heavy atom. The van der Waals surface area contributed by atoms with Gasteiger partial charge in [-0.25, -0.2) is 4.79 Å². The van der Waals surface area contributed by atoms with Crippen LogP contribution in [0, 0.1) is 5.92 Å². The Kier molecular flexibility index (Phi) is 3.76. The number of amides is 4. The summed E-state index contributed by atoms with van der Waals surface area (Å²) in [6.07, 6.45) is 4.91. The van der Waals surface area contributed by atoms with Crippen LogP contribution in [0.15, 0.2) is 53.2 Å². The van der Waals surface area contributed by atoms with E-state index in [9.17, 15) is 14.4 Å². The van der Waals surface area contributed by atoms with E-state index >= 15 is 0 Å². The van der Waals surface area contributed by atoms with E-state index in [0.717, 1.165) is 0 Å². The van der Waals surface area contributed by atoms with E-state index < -0.39 is 11.9 Å². The molecule has 1 aromatic carbocycles. The van der Waals surface area contributed by atoms with Crippen molar-refractivity contribution in [2.75, 3.05) is 12.4 Å². The second-order valence-electron chi connectivity index (χ2n) is 5.01. The SMILES string of the molecule is CNC(=O)c1ccccc1NC(=O)C1C=CC2=NC(=O)NC2=C1. The highest BCUT2D eigenvalue weighted by Crippen LogP contribution is 2.20. The van der Waals surface area contributed by atoms with Crippen molar-refractivity contribution in [2.24, 2.45) is 10.9 Å². The molecule has 0 saturated carbocycles. The first-order valence-corrected chi connectivity index (χ1v) is 7.00. The normalized spacial score (nSPS) is 18.5. The average Bonchev–Trinajstić information content (AvgIpc) is 2.93. The molecular formula is C16H14N4O3. The van der Waals surface area contributed by atoms with E-state index in [1.54, 1.807) is 42.5 Å². The summed E-state index contributed by atoms with van der Waals surface area (Å²) in [5, 5.41) is 7.83. The second kappa shape index (κ2) is 5.88. The van der Waals surface area contributed by atoms with Gasteiger partial charge < -0.3 is 16.0 Å². The van der Waals surface area contributed by atoms with E-state index in [1.807, 2.05) is 0 Å². The number of allylic oxidation sites excluding steroid dienone is 1. The van der Waals surface area contributed by atoms with Crippen molar-refractivity contribution in [1.82, 2.24) is 10.6 Å². The third-order valence-electron chi connectivity index (χ3n) is 3.51. The van der Waals surface area contributed by atoms with Gasteiger partial charge in [0.15, 0.2) is 0 Å². The molecule has 0 spiro atoms. The molecule has 1 aliphatic heterocycles. The van der Waals surface area contributed by atoms with Gasteiger partial charge in [0, 0.05) is 7.05 Å². The lowest BCUT2D eigenvalue weighted by atomic mass is 9.99. The minimum atomic E-state index is -0.555. The van der Waals surface area contributed by atoms with Gasteiger partial charge in [-0.2, -0.15) is 4.99 Å². The Bertz CT molecular complexity index is 792. The first-order chi connectivity index (χ1) is 11.1. The van der Waals surface area contributed by atoms with E-state index in [1.165, 1.54) is 7.05 Å². The molecule has 1 heterocycles. The van der Waals surface area contributed by atoms with Crippen LogP contribution in [0.3, 0.4) is 0 Å². The Morgan fingerprint density at radius 2 is 2.04 bits per heavy atom. The Hall–Kier alpha value is -3.22. The Labute approximate surface area is 132 Å². The van der Waals surface area contributed by atoms with Gasteiger partial charge in [0.2, 0.25) is 5.91 Å². The smallest absolute Gasteiger partial charge is 0.346 e. The lowest BCUT2D eigenvalue weighted by Crippen LogP contribution is -2.27. The molecule has 23 heavy (non-hydrogen) atoms. The van der Waals surface area contributed by atoms with Gasteiger partial charge in [-0.1, -0.05) is 18.2 Å². The quantitative estimate of drug-likeness (QED) is 0.782. The van der Waals surface area contributed by atoms with Crippen molar-refractivity contribution >= 4 is 29.2 Å². The van der Waals surface area contributed by atoms with Crippen molar-refractivity contribution in [1.29, 1.82) is 0 Å². The number of carbonyl (C=O) groups is 3. The average molecular weight is 310 g/mol. The zero-order chi connectivity index (χ0) is 16.4. The van der Waals surface area contributed by atoms with E-state index in [2.05, 4.69) is 20.9 Å². The van der Waals surface area contributed by atoms with Crippen LogP contribution >= 0.6 is 0 Å². The molecule has 7 nitrogen and oxygen atoms in total. The van der Waals surface area contributed by atoms with Crippen molar-refractivity contribution in [3.8, 4) is 0 Å². The molecule has 0 saturated heterocycles. The molecule has 3 N–H and O–H groups in total. The van der Waals surface area contributed by atoms with Gasteiger partial charge in [-0.3, -0.25) is 9.59 Å². The zero-order valence-electron chi connectivity index (χ0n) is 12.3. The molecule has 116 valence electrons. The zero-order valence-corrected chi connectivity index (χ0v) is 12.3. The summed E-state index contributed by atoms with van der Waals surface area (Å²) in [4.78, 5) is 39.2. The number of nitrogens with one attached hydrogen (secondary N) is 3. The van der Waals surface area contributed by atoms with Gasteiger partial charge in [0.05, 0.1) is 28.6 Å². The summed E-state index contributed by atoms with van der Waals surface area (Å²) in [5.74, 6) is -1.14. The highest BCUT2D eigenvalue weighted by atomic mass is 16.2. The summed E-state index contributed by atoms with van der Waals surface area (Å²) >= 11 is 0. The number of urea groups is 1. The van der Waals surface area contributed by atoms with Crippen LogP contribution in [0.25, 0.3) is 0 Å². The molecule has 3 rings (SSSR count). The number of hydrogen-bond donors (Lipinski definition) is 3. The molecule has 0 fully saturated rings. The highest BCUT2D eigenvalue weighted by molar-refractivity contribution is 6.19. The van der Waals surface area contributed by atoms with Crippen molar-refractivity contribution in [3.05, 3.63) is 53.8 Å². The van der Waals surface area contributed by atoms with Crippen molar-refractivity contribution in [3.63, 3.8) is 0 Å². The van der Waals surface area contributed by atoms with Crippen LogP contribution in [0.4, 0.5) is 10.5 Å². The van der Waals surface area contributed by atoms with E-state index in [-0.39, 0.29) is 11.8 Å². The third-order valence-corrected chi connectivity index (χ3v) is 3.51. The molecule has 0 aromatic heterocycles. The fourth-order valence-electron chi connectivity index (χ4n) is 2.36. The molecule has 2 aliphatic rings. The van der Waals surface area contributed by atoms with Gasteiger partial charge in [0.25, 0.3) is 5.91 Å². The number of hydrogen-bond acceptors (Lipinski definition) is 3. The van der Waals surface area contributed by atoms with Crippen molar-refractivity contribution < 1.29 is 14.4 Å².